The summed E-state index contributed by atoms with van der Waals surface area (Å²) in [6.45, 7) is 18.3. The van der Waals surface area contributed by atoms with Gasteiger partial charge in [0.2, 0.25) is 0 Å². The van der Waals surface area contributed by atoms with E-state index in [0.29, 0.717) is 0 Å². The topological polar surface area (TPSA) is 29.5 Å². The molecule has 1 aliphatic carbocycles. The molecule has 1 heterocycles. The highest BCUT2D eigenvalue weighted by atomic mass is 16.5. The highest BCUT2D eigenvalue weighted by Crippen LogP contribution is 2.53. The van der Waals surface area contributed by atoms with Gasteiger partial charge in [-0.05, 0) is 81.1 Å². The number of aryl methyl sites for hydroxylation is 2. The molecule has 4 rings (SSSR count). The van der Waals surface area contributed by atoms with Gasteiger partial charge >= 0.3 is 6.92 Å². The van der Waals surface area contributed by atoms with Crippen molar-refractivity contribution in [2.24, 2.45) is 0 Å². The Morgan fingerprint density at radius 3 is 1.97 bits per heavy atom. The van der Waals surface area contributed by atoms with Gasteiger partial charge < -0.3 is 9.76 Å². The fourth-order valence-electron chi connectivity index (χ4n) is 6.54. The third-order valence-electron chi connectivity index (χ3n) is 10.0. The number of benzene rings is 2. The maximum absolute atomic E-state index is 10.9. The third-order valence-corrected chi connectivity index (χ3v) is 10.0. The SMILES string of the molecule is CCC(CC)(c1ccc(/C=C/C2(O)CCCCC2)c(C)c1)c1ccc(B2OC(C)(C)C2(C)C)c(C)c1. The van der Waals surface area contributed by atoms with Crippen LogP contribution in [0.4, 0.5) is 0 Å². The van der Waals surface area contributed by atoms with Crippen LogP contribution in [0.3, 0.4) is 0 Å². The Labute approximate surface area is 220 Å². The molecule has 0 atom stereocenters. The number of hydrogen-bond acceptors (Lipinski definition) is 2. The molecule has 194 valence electrons. The Morgan fingerprint density at radius 1 is 0.889 bits per heavy atom. The van der Waals surface area contributed by atoms with Crippen molar-refractivity contribution in [2.45, 2.75) is 122 Å². The Bertz CT molecular complexity index is 1120. The largest absolute Gasteiger partial charge is 0.425 e. The molecule has 0 radical (unpaired) electrons. The quantitative estimate of drug-likeness (QED) is 0.403. The lowest BCUT2D eigenvalue weighted by molar-refractivity contribution is -0.00944. The zero-order chi connectivity index (χ0) is 26.4. The maximum atomic E-state index is 10.9. The Balaban J connectivity index is 1.64. The van der Waals surface area contributed by atoms with Gasteiger partial charge in [0, 0.05) is 16.3 Å². The smallest absolute Gasteiger partial charge is 0.336 e. The van der Waals surface area contributed by atoms with E-state index in [1.807, 2.05) is 0 Å². The minimum absolute atomic E-state index is 0.0207. The second-order valence-electron chi connectivity index (χ2n) is 12.7. The van der Waals surface area contributed by atoms with E-state index in [-0.39, 0.29) is 23.2 Å². The highest BCUT2D eigenvalue weighted by Gasteiger charge is 2.59. The molecule has 0 unspecified atom stereocenters. The van der Waals surface area contributed by atoms with E-state index in [4.69, 9.17) is 4.65 Å². The van der Waals surface area contributed by atoms with Gasteiger partial charge in [-0.15, -0.1) is 0 Å². The highest BCUT2D eigenvalue weighted by molar-refractivity contribution is 6.73. The van der Waals surface area contributed by atoms with Crippen LogP contribution in [-0.2, 0) is 10.1 Å². The fourth-order valence-corrected chi connectivity index (χ4v) is 6.54. The van der Waals surface area contributed by atoms with Crippen molar-refractivity contribution in [1.82, 2.24) is 0 Å². The third kappa shape index (κ3) is 4.63. The molecule has 1 N–H and O–H groups in total. The van der Waals surface area contributed by atoms with Crippen molar-refractivity contribution in [3.8, 4) is 0 Å². The first-order chi connectivity index (χ1) is 16.9. The molecule has 1 aliphatic heterocycles. The summed E-state index contributed by atoms with van der Waals surface area (Å²) in [5.41, 5.74) is 7.15. The number of rotatable bonds is 7. The number of aliphatic hydroxyl groups is 1. The van der Waals surface area contributed by atoms with Crippen LogP contribution in [0.1, 0.15) is 114 Å². The van der Waals surface area contributed by atoms with Gasteiger partial charge in [0.1, 0.15) is 0 Å². The van der Waals surface area contributed by atoms with Gasteiger partial charge in [0.05, 0.1) is 5.60 Å². The molecular formula is C33H47BO2. The second kappa shape index (κ2) is 9.80. The summed E-state index contributed by atoms with van der Waals surface area (Å²) in [6.07, 6.45) is 11.5. The lowest BCUT2D eigenvalue weighted by atomic mass is 9.32. The molecule has 0 bridgehead atoms. The summed E-state index contributed by atoms with van der Waals surface area (Å²) in [6, 6.07) is 14.0. The Morgan fingerprint density at radius 2 is 1.47 bits per heavy atom. The van der Waals surface area contributed by atoms with Gasteiger partial charge in [-0.25, -0.2) is 0 Å². The average Bonchev–Trinajstić information content (AvgIpc) is 2.84. The van der Waals surface area contributed by atoms with Crippen molar-refractivity contribution in [1.29, 1.82) is 0 Å². The summed E-state index contributed by atoms with van der Waals surface area (Å²) in [5, 5.41) is 11.0. The minimum atomic E-state index is -0.632. The molecular weight excluding hydrogens is 439 g/mol. The van der Waals surface area contributed by atoms with Gasteiger partial charge in [0.15, 0.2) is 0 Å². The van der Waals surface area contributed by atoms with E-state index < -0.39 is 5.60 Å². The second-order valence-corrected chi connectivity index (χ2v) is 12.7. The summed E-state index contributed by atoms with van der Waals surface area (Å²) in [7, 11) is 0. The molecule has 2 aromatic rings. The van der Waals surface area contributed by atoms with E-state index in [2.05, 4.69) is 104 Å². The van der Waals surface area contributed by atoms with Crippen LogP contribution in [-0.4, -0.2) is 23.2 Å². The first kappa shape index (κ1) is 27.2. The van der Waals surface area contributed by atoms with Crippen molar-refractivity contribution in [3.63, 3.8) is 0 Å². The zero-order valence-electron chi connectivity index (χ0n) is 24.0. The van der Waals surface area contributed by atoms with Crippen molar-refractivity contribution in [2.75, 3.05) is 0 Å². The molecule has 0 amide bonds. The number of hydrogen-bond donors (Lipinski definition) is 1. The molecule has 2 aliphatic rings. The standard InChI is InChI=1S/C33H47BO2/c1-9-33(10-2,28-16-17-29(25(4)23-28)34-30(5,6)31(7,8)36-34)27-15-14-26(24(3)22-27)18-21-32(35)19-12-11-13-20-32/h14-18,21-23,35H,9-13,19-20H2,1-8H3/b21-18+. The maximum Gasteiger partial charge on any atom is 0.336 e. The predicted molar refractivity (Wildman–Crippen MR) is 155 cm³/mol. The van der Waals surface area contributed by atoms with Crippen LogP contribution in [0.5, 0.6) is 0 Å². The zero-order valence-corrected chi connectivity index (χ0v) is 24.0. The van der Waals surface area contributed by atoms with Crippen LogP contribution < -0.4 is 5.46 Å². The predicted octanol–water partition coefficient (Wildman–Crippen LogP) is 7.91. The van der Waals surface area contributed by atoms with Gasteiger partial charge in [-0.1, -0.05) is 101 Å². The van der Waals surface area contributed by atoms with Gasteiger partial charge in [0.25, 0.3) is 0 Å². The summed E-state index contributed by atoms with van der Waals surface area (Å²) >= 11 is 0. The van der Waals surface area contributed by atoms with E-state index in [0.717, 1.165) is 38.5 Å². The summed E-state index contributed by atoms with van der Waals surface area (Å²) in [4.78, 5) is 0. The summed E-state index contributed by atoms with van der Waals surface area (Å²) in [5.74, 6) is 0. The first-order valence-corrected chi connectivity index (χ1v) is 14.2. The van der Waals surface area contributed by atoms with E-state index >= 15 is 0 Å². The average molecular weight is 487 g/mol. The molecule has 3 heteroatoms. The molecule has 36 heavy (non-hydrogen) atoms. The van der Waals surface area contributed by atoms with Crippen molar-refractivity contribution >= 4 is 18.5 Å². The van der Waals surface area contributed by atoms with Crippen LogP contribution in [0, 0.1) is 13.8 Å². The lowest BCUT2D eigenvalue weighted by Crippen LogP contribution is -2.66. The molecule has 2 nitrogen and oxygen atoms in total. The monoisotopic (exact) mass is 486 g/mol. The van der Waals surface area contributed by atoms with Crippen LogP contribution in [0.25, 0.3) is 6.08 Å². The van der Waals surface area contributed by atoms with Crippen molar-refractivity contribution in [3.05, 3.63) is 70.3 Å². The molecule has 2 aromatic carbocycles. The van der Waals surface area contributed by atoms with E-state index in [1.165, 1.54) is 39.7 Å². The van der Waals surface area contributed by atoms with Crippen LogP contribution >= 0.6 is 0 Å². The lowest BCUT2D eigenvalue weighted by Gasteiger charge is -2.57. The molecule has 1 saturated heterocycles. The Kier molecular flexibility index (Phi) is 7.41. The van der Waals surface area contributed by atoms with Crippen molar-refractivity contribution < 1.29 is 9.76 Å². The van der Waals surface area contributed by atoms with Gasteiger partial charge in [-0.2, -0.15) is 0 Å². The van der Waals surface area contributed by atoms with Crippen LogP contribution in [0.15, 0.2) is 42.5 Å². The summed E-state index contributed by atoms with van der Waals surface area (Å²) < 4.78 is 6.35. The van der Waals surface area contributed by atoms with E-state index in [1.54, 1.807) is 0 Å². The molecule has 2 fully saturated rings. The Hall–Kier alpha value is -1.84. The molecule has 1 saturated carbocycles. The van der Waals surface area contributed by atoms with E-state index in [9.17, 15) is 5.11 Å². The fraction of sp³-hybridized carbons (Fsp3) is 0.576. The minimum Gasteiger partial charge on any atom is -0.425 e. The molecule has 0 aromatic heterocycles. The normalized spacial score (nSPS) is 21.0. The van der Waals surface area contributed by atoms with Gasteiger partial charge in [-0.3, -0.25) is 0 Å². The first-order valence-electron chi connectivity index (χ1n) is 14.2. The van der Waals surface area contributed by atoms with Crippen LogP contribution in [0.2, 0.25) is 5.31 Å². The molecule has 0 spiro atoms.